The van der Waals surface area contributed by atoms with E-state index in [1.54, 1.807) is 19.1 Å². The Hall–Kier alpha value is -2.24. The van der Waals surface area contributed by atoms with E-state index in [-0.39, 0.29) is 17.6 Å². The van der Waals surface area contributed by atoms with E-state index in [1.807, 2.05) is 4.90 Å². The molecule has 1 amide bonds. The van der Waals surface area contributed by atoms with Gasteiger partial charge in [0.2, 0.25) is 17.7 Å². The molecular weight excluding hydrogens is 321 g/mol. The molecular formula is C19H24FN3O2. The summed E-state index contributed by atoms with van der Waals surface area (Å²) < 4.78 is 18.4. The first-order valence-corrected chi connectivity index (χ1v) is 8.94. The van der Waals surface area contributed by atoms with Crippen LogP contribution in [-0.4, -0.2) is 34.1 Å². The SMILES string of the molecule is Cc1nnc(C2CCN(C(=O)CCCCc3ccc(F)cc3)CC2)o1. The number of likely N-dealkylation sites (tertiary alicyclic amines) is 1. The third-order valence-electron chi connectivity index (χ3n) is 4.76. The zero-order chi connectivity index (χ0) is 17.6. The molecule has 25 heavy (non-hydrogen) atoms. The molecule has 0 radical (unpaired) electrons. The Balaban J connectivity index is 1.36. The lowest BCUT2D eigenvalue weighted by Gasteiger charge is -2.30. The number of halogens is 1. The van der Waals surface area contributed by atoms with Crippen LogP contribution in [0, 0.1) is 12.7 Å². The van der Waals surface area contributed by atoms with Gasteiger partial charge in [0.05, 0.1) is 0 Å². The molecule has 0 N–H and O–H groups in total. The Morgan fingerprint density at radius 2 is 1.92 bits per heavy atom. The molecule has 0 bridgehead atoms. The van der Waals surface area contributed by atoms with Crippen molar-refractivity contribution >= 4 is 5.91 Å². The van der Waals surface area contributed by atoms with E-state index in [2.05, 4.69) is 10.2 Å². The number of piperidine rings is 1. The summed E-state index contributed by atoms with van der Waals surface area (Å²) in [5.41, 5.74) is 1.12. The van der Waals surface area contributed by atoms with Gasteiger partial charge < -0.3 is 9.32 Å². The molecule has 1 aliphatic rings. The van der Waals surface area contributed by atoms with Gasteiger partial charge in [-0.15, -0.1) is 10.2 Å². The second-order valence-electron chi connectivity index (χ2n) is 6.65. The summed E-state index contributed by atoms with van der Waals surface area (Å²) >= 11 is 0. The van der Waals surface area contributed by atoms with Gasteiger partial charge in [0.25, 0.3) is 0 Å². The van der Waals surface area contributed by atoms with Gasteiger partial charge in [0.1, 0.15) is 5.82 Å². The molecule has 1 saturated heterocycles. The number of hydrogen-bond acceptors (Lipinski definition) is 4. The average molecular weight is 345 g/mol. The fourth-order valence-electron chi connectivity index (χ4n) is 3.27. The molecule has 134 valence electrons. The largest absolute Gasteiger partial charge is 0.425 e. The topological polar surface area (TPSA) is 59.2 Å². The predicted octanol–water partition coefficient (Wildman–Crippen LogP) is 3.64. The number of carbonyl (C=O) groups is 1. The molecule has 0 aliphatic carbocycles. The normalized spacial score (nSPS) is 15.5. The summed E-state index contributed by atoms with van der Waals surface area (Å²) in [6, 6.07) is 6.58. The zero-order valence-electron chi connectivity index (χ0n) is 14.6. The highest BCUT2D eigenvalue weighted by atomic mass is 19.1. The summed E-state index contributed by atoms with van der Waals surface area (Å²) in [4.78, 5) is 14.3. The summed E-state index contributed by atoms with van der Waals surface area (Å²) in [6.07, 6.45) is 5.01. The predicted molar refractivity (Wildman–Crippen MR) is 91.5 cm³/mol. The molecule has 0 saturated carbocycles. The number of benzene rings is 1. The third-order valence-corrected chi connectivity index (χ3v) is 4.76. The summed E-state index contributed by atoms with van der Waals surface area (Å²) in [5, 5.41) is 7.97. The fourth-order valence-corrected chi connectivity index (χ4v) is 3.27. The molecule has 0 spiro atoms. The Morgan fingerprint density at radius 1 is 1.20 bits per heavy atom. The first kappa shape index (κ1) is 17.6. The van der Waals surface area contributed by atoms with Crippen LogP contribution in [0.4, 0.5) is 4.39 Å². The first-order chi connectivity index (χ1) is 12.1. The van der Waals surface area contributed by atoms with E-state index in [0.717, 1.165) is 50.8 Å². The minimum Gasteiger partial charge on any atom is -0.425 e. The molecule has 0 atom stereocenters. The van der Waals surface area contributed by atoms with E-state index in [9.17, 15) is 9.18 Å². The van der Waals surface area contributed by atoms with Gasteiger partial charge in [-0.05, 0) is 49.8 Å². The minimum absolute atomic E-state index is 0.210. The molecule has 1 aliphatic heterocycles. The maximum atomic E-state index is 12.9. The Morgan fingerprint density at radius 3 is 2.56 bits per heavy atom. The minimum atomic E-state index is -0.210. The lowest BCUT2D eigenvalue weighted by Crippen LogP contribution is -2.37. The van der Waals surface area contributed by atoms with Crippen LogP contribution in [0.15, 0.2) is 28.7 Å². The maximum Gasteiger partial charge on any atom is 0.222 e. The van der Waals surface area contributed by atoms with Crippen LogP contribution in [0.2, 0.25) is 0 Å². The fraction of sp³-hybridized carbons (Fsp3) is 0.526. The Kier molecular flexibility index (Phi) is 5.79. The number of unbranched alkanes of at least 4 members (excludes halogenated alkanes) is 1. The van der Waals surface area contributed by atoms with Crippen LogP contribution in [0.25, 0.3) is 0 Å². The van der Waals surface area contributed by atoms with E-state index < -0.39 is 0 Å². The van der Waals surface area contributed by atoms with Gasteiger partial charge in [-0.2, -0.15) is 0 Å². The second kappa shape index (κ2) is 8.23. The highest BCUT2D eigenvalue weighted by Gasteiger charge is 2.26. The van der Waals surface area contributed by atoms with Crippen LogP contribution in [0.3, 0.4) is 0 Å². The number of carbonyl (C=O) groups excluding carboxylic acids is 1. The molecule has 5 nitrogen and oxygen atoms in total. The summed E-state index contributed by atoms with van der Waals surface area (Å²) in [5.74, 6) is 1.57. The standard InChI is InChI=1S/C19H24FN3O2/c1-14-21-22-19(25-14)16-10-12-23(13-11-16)18(24)5-3-2-4-15-6-8-17(20)9-7-15/h6-9,16H,2-5,10-13H2,1H3. The van der Waals surface area contributed by atoms with Gasteiger partial charge in [0, 0.05) is 32.4 Å². The molecule has 1 aromatic carbocycles. The summed E-state index contributed by atoms with van der Waals surface area (Å²) in [6.45, 7) is 3.30. The number of nitrogens with zero attached hydrogens (tertiary/aromatic N) is 3. The smallest absolute Gasteiger partial charge is 0.222 e. The van der Waals surface area contributed by atoms with Crippen molar-refractivity contribution in [3.05, 3.63) is 47.4 Å². The zero-order valence-corrected chi connectivity index (χ0v) is 14.6. The van der Waals surface area contributed by atoms with Crippen molar-refractivity contribution in [3.63, 3.8) is 0 Å². The van der Waals surface area contributed by atoms with Crippen molar-refractivity contribution < 1.29 is 13.6 Å². The number of rotatable bonds is 6. The maximum absolute atomic E-state index is 12.9. The third kappa shape index (κ3) is 4.87. The Labute approximate surface area is 147 Å². The quantitative estimate of drug-likeness (QED) is 0.750. The van der Waals surface area contributed by atoms with Gasteiger partial charge in [-0.1, -0.05) is 12.1 Å². The van der Waals surface area contributed by atoms with Gasteiger partial charge >= 0.3 is 0 Å². The monoisotopic (exact) mass is 345 g/mol. The van der Waals surface area contributed by atoms with E-state index in [4.69, 9.17) is 4.42 Å². The van der Waals surface area contributed by atoms with Crippen molar-refractivity contribution in [3.8, 4) is 0 Å². The molecule has 6 heteroatoms. The van der Waals surface area contributed by atoms with Gasteiger partial charge in [0.15, 0.2) is 0 Å². The Bertz CT molecular complexity index is 691. The van der Waals surface area contributed by atoms with Gasteiger partial charge in [-0.3, -0.25) is 4.79 Å². The average Bonchev–Trinajstić information content (AvgIpc) is 3.06. The van der Waals surface area contributed by atoms with E-state index in [0.29, 0.717) is 18.2 Å². The highest BCUT2D eigenvalue weighted by Crippen LogP contribution is 2.27. The lowest BCUT2D eigenvalue weighted by atomic mass is 9.96. The van der Waals surface area contributed by atoms with E-state index in [1.165, 1.54) is 12.1 Å². The van der Waals surface area contributed by atoms with Crippen LogP contribution in [0.1, 0.15) is 55.4 Å². The highest BCUT2D eigenvalue weighted by molar-refractivity contribution is 5.76. The van der Waals surface area contributed by atoms with Crippen molar-refractivity contribution in [2.24, 2.45) is 0 Å². The van der Waals surface area contributed by atoms with Crippen LogP contribution in [0.5, 0.6) is 0 Å². The summed E-state index contributed by atoms with van der Waals surface area (Å²) in [7, 11) is 0. The van der Waals surface area contributed by atoms with Crippen molar-refractivity contribution in [1.29, 1.82) is 0 Å². The number of hydrogen-bond donors (Lipinski definition) is 0. The van der Waals surface area contributed by atoms with Crippen molar-refractivity contribution in [1.82, 2.24) is 15.1 Å². The van der Waals surface area contributed by atoms with Crippen LogP contribution < -0.4 is 0 Å². The van der Waals surface area contributed by atoms with Crippen LogP contribution >= 0.6 is 0 Å². The molecule has 2 aromatic rings. The molecule has 0 unspecified atom stereocenters. The molecule has 2 heterocycles. The number of aromatic nitrogens is 2. The van der Waals surface area contributed by atoms with Gasteiger partial charge in [-0.25, -0.2) is 4.39 Å². The lowest BCUT2D eigenvalue weighted by molar-refractivity contribution is -0.132. The number of amides is 1. The molecule has 1 fully saturated rings. The van der Waals surface area contributed by atoms with Crippen molar-refractivity contribution in [2.75, 3.05) is 13.1 Å². The van der Waals surface area contributed by atoms with E-state index >= 15 is 0 Å². The first-order valence-electron chi connectivity index (χ1n) is 8.94. The number of aryl methyl sites for hydroxylation is 2. The van der Waals surface area contributed by atoms with Crippen LogP contribution in [-0.2, 0) is 11.2 Å². The second-order valence-corrected chi connectivity index (χ2v) is 6.65. The molecule has 3 rings (SSSR count). The molecule has 1 aromatic heterocycles. The van der Waals surface area contributed by atoms with Crippen molar-refractivity contribution in [2.45, 2.75) is 51.4 Å².